The van der Waals surface area contributed by atoms with Crippen molar-refractivity contribution in [3.05, 3.63) is 24.4 Å². The van der Waals surface area contributed by atoms with Crippen LogP contribution < -0.4 is 10.3 Å². The minimum absolute atomic E-state index is 0.155. The molecule has 0 amide bonds. The van der Waals surface area contributed by atoms with Gasteiger partial charge in [-0.2, -0.15) is 10.2 Å². The molecule has 0 spiro atoms. The Hall–Kier alpha value is -2.81. The molecule has 2 unspecified atom stereocenters. The van der Waals surface area contributed by atoms with Crippen molar-refractivity contribution in [3.8, 4) is 0 Å². The monoisotopic (exact) mass is 338 g/mol. The van der Waals surface area contributed by atoms with Crippen LogP contribution in [0.3, 0.4) is 0 Å². The standard InChI is InChI=1S/C16H18N8O/c1-2-12(7-13-10(1)8-18-21-13)24-15-14(22-23-24)9-17-16(20-15)19-11-3-5-25-6-4-11/h1-2,7-9,11,14-15H,3-6H2,(H,18,21)(H,19,20). The molecule has 1 saturated heterocycles. The van der Waals surface area contributed by atoms with Crippen molar-refractivity contribution in [2.24, 2.45) is 20.3 Å². The fourth-order valence-corrected chi connectivity index (χ4v) is 3.29. The number of nitrogens with zero attached hydrogens (tertiary/aromatic N) is 6. The molecule has 2 aromatic rings. The van der Waals surface area contributed by atoms with Gasteiger partial charge in [0.25, 0.3) is 0 Å². The zero-order valence-corrected chi connectivity index (χ0v) is 13.5. The first-order chi connectivity index (χ1) is 12.4. The molecule has 0 bridgehead atoms. The zero-order chi connectivity index (χ0) is 16.6. The quantitative estimate of drug-likeness (QED) is 0.869. The van der Waals surface area contributed by atoms with Gasteiger partial charge >= 0.3 is 0 Å². The third-order valence-electron chi connectivity index (χ3n) is 4.69. The first kappa shape index (κ1) is 14.5. The summed E-state index contributed by atoms with van der Waals surface area (Å²) in [6.45, 7) is 1.56. The maximum absolute atomic E-state index is 5.40. The summed E-state index contributed by atoms with van der Waals surface area (Å²) in [5, 5.41) is 21.9. The first-order valence-corrected chi connectivity index (χ1v) is 8.46. The van der Waals surface area contributed by atoms with Crippen LogP contribution in [-0.2, 0) is 4.74 Å². The van der Waals surface area contributed by atoms with Crippen LogP contribution in [0.25, 0.3) is 10.9 Å². The second-order valence-corrected chi connectivity index (χ2v) is 6.36. The van der Waals surface area contributed by atoms with Crippen LogP contribution in [0.2, 0.25) is 0 Å². The highest BCUT2D eigenvalue weighted by molar-refractivity contribution is 5.92. The summed E-state index contributed by atoms with van der Waals surface area (Å²) in [5.74, 6) is 0.646. The molecule has 1 fully saturated rings. The lowest BCUT2D eigenvalue weighted by Crippen LogP contribution is -2.44. The predicted octanol–water partition coefficient (Wildman–Crippen LogP) is 1.65. The van der Waals surface area contributed by atoms with E-state index >= 15 is 0 Å². The normalized spacial score (nSPS) is 26.1. The molecule has 25 heavy (non-hydrogen) atoms. The Morgan fingerprint density at radius 2 is 2.16 bits per heavy atom. The van der Waals surface area contributed by atoms with Gasteiger partial charge in [0.1, 0.15) is 0 Å². The van der Waals surface area contributed by atoms with E-state index < -0.39 is 0 Å². The summed E-state index contributed by atoms with van der Waals surface area (Å²) < 4.78 is 5.40. The molecule has 1 aromatic carbocycles. The summed E-state index contributed by atoms with van der Waals surface area (Å²) in [6.07, 6.45) is 5.35. The SMILES string of the molecule is C1=NC(NC2CCOCC2)=NC2C1N=NN2c1ccc2cn[nH]c2c1. The predicted molar refractivity (Wildman–Crippen MR) is 93.9 cm³/mol. The van der Waals surface area contributed by atoms with Crippen molar-refractivity contribution in [1.82, 2.24) is 15.5 Å². The van der Waals surface area contributed by atoms with Crippen molar-refractivity contribution in [3.63, 3.8) is 0 Å². The number of hydrogen-bond acceptors (Lipinski definition) is 8. The number of aromatic nitrogens is 2. The van der Waals surface area contributed by atoms with E-state index in [4.69, 9.17) is 9.73 Å². The van der Waals surface area contributed by atoms with Crippen LogP contribution in [0.4, 0.5) is 5.69 Å². The van der Waals surface area contributed by atoms with Gasteiger partial charge in [-0.3, -0.25) is 5.10 Å². The number of aliphatic imine (C=N–C) groups is 2. The van der Waals surface area contributed by atoms with E-state index in [9.17, 15) is 0 Å². The van der Waals surface area contributed by atoms with E-state index in [0.29, 0.717) is 12.0 Å². The average molecular weight is 338 g/mol. The minimum atomic E-state index is -0.208. The van der Waals surface area contributed by atoms with Crippen LogP contribution in [0.15, 0.2) is 44.7 Å². The fourth-order valence-electron chi connectivity index (χ4n) is 3.29. The van der Waals surface area contributed by atoms with Gasteiger partial charge in [0.05, 0.1) is 17.4 Å². The number of rotatable bonds is 2. The molecule has 0 radical (unpaired) electrons. The number of aromatic amines is 1. The van der Waals surface area contributed by atoms with E-state index in [1.165, 1.54) is 0 Å². The summed E-state index contributed by atoms with van der Waals surface area (Å²) in [5.41, 5.74) is 1.89. The highest BCUT2D eigenvalue weighted by atomic mass is 16.5. The van der Waals surface area contributed by atoms with Crippen LogP contribution >= 0.6 is 0 Å². The number of nitrogens with one attached hydrogen (secondary N) is 2. The van der Waals surface area contributed by atoms with Gasteiger partial charge in [-0.05, 0) is 31.0 Å². The number of guanidine groups is 1. The summed E-state index contributed by atoms with van der Waals surface area (Å²) in [6, 6.07) is 6.23. The number of H-pyrrole nitrogens is 1. The maximum Gasteiger partial charge on any atom is 0.220 e. The Kier molecular flexibility index (Phi) is 3.44. The number of anilines is 1. The van der Waals surface area contributed by atoms with E-state index in [0.717, 1.165) is 42.6 Å². The summed E-state index contributed by atoms with van der Waals surface area (Å²) in [4.78, 5) is 9.16. The summed E-state index contributed by atoms with van der Waals surface area (Å²) in [7, 11) is 0. The second-order valence-electron chi connectivity index (χ2n) is 6.36. The van der Waals surface area contributed by atoms with Gasteiger partial charge < -0.3 is 10.1 Å². The van der Waals surface area contributed by atoms with E-state index in [-0.39, 0.29) is 12.2 Å². The van der Waals surface area contributed by atoms with Gasteiger partial charge in [0.15, 0.2) is 12.2 Å². The molecule has 2 N–H and O–H groups in total. The van der Waals surface area contributed by atoms with Gasteiger partial charge in [-0.1, -0.05) is 5.22 Å². The number of benzene rings is 1. The molecule has 3 aliphatic rings. The lowest BCUT2D eigenvalue weighted by atomic mass is 10.1. The van der Waals surface area contributed by atoms with Gasteiger partial charge in [-0.15, -0.1) is 0 Å². The lowest BCUT2D eigenvalue weighted by molar-refractivity contribution is 0.0823. The number of hydrogen-bond donors (Lipinski definition) is 2. The Morgan fingerprint density at radius 3 is 3.08 bits per heavy atom. The van der Waals surface area contributed by atoms with Gasteiger partial charge in [0.2, 0.25) is 5.96 Å². The number of fused-ring (bicyclic) bond motifs is 2. The molecule has 9 heteroatoms. The van der Waals surface area contributed by atoms with Crippen molar-refractivity contribution >= 4 is 28.8 Å². The molecular formula is C16H18N8O. The molecular weight excluding hydrogens is 320 g/mol. The molecule has 0 aliphatic carbocycles. The van der Waals surface area contributed by atoms with Crippen LogP contribution in [0.5, 0.6) is 0 Å². The minimum Gasteiger partial charge on any atom is -0.381 e. The van der Waals surface area contributed by atoms with Crippen LogP contribution in [-0.4, -0.2) is 53.8 Å². The smallest absolute Gasteiger partial charge is 0.220 e. The topological polar surface area (TPSA) is 103 Å². The molecule has 1 aromatic heterocycles. The molecule has 9 nitrogen and oxygen atoms in total. The molecule has 2 atom stereocenters. The fraction of sp³-hybridized carbons (Fsp3) is 0.438. The molecule has 0 saturated carbocycles. The summed E-state index contributed by atoms with van der Waals surface area (Å²) >= 11 is 0. The van der Waals surface area contributed by atoms with Gasteiger partial charge in [0, 0.05) is 30.9 Å². The zero-order valence-electron chi connectivity index (χ0n) is 13.5. The van der Waals surface area contributed by atoms with E-state index in [1.54, 1.807) is 6.20 Å². The van der Waals surface area contributed by atoms with Crippen molar-refractivity contribution in [1.29, 1.82) is 0 Å². The van der Waals surface area contributed by atoms with Crippen molar-refractivity contribution in [2.75, 3.05) is 18.2 Å². The molecule has 3 aliphatic heterocycles. The molecule has 4 heterocycles. The molecule has 128 valence electrons. The van der Waals surface area contributed by atoms with Crippen LogP contribution in [0, 0.1) is 0 Å². The highest BCUT2D eigenvalue weighted by Crippen LogP contribution is 2.29. The third-order valence-corrected chi connectivity index (χ3v) is 4.69. The largest absolute Gasteiger partial charge is 0.381 e. The second kappa shape index (κ2) is 5.92. The Bertz CT molecular complexity index is 866. The molecule has 5 rings (SSSR count). The number of ether oxygens (including phenoxy) is 1. The third kappa shape index (κ3) is 2.66. The van der Waals surface area contributed by atoms with Crippen molar-refractivity contribution < 1.29 is 4.74 Å². The van der Waals surface area contributed by atoms with Crippen LogP contribution in [0.1, 0.15) is 12.8 Å². The first-order valence-electron chi connectivity index (χ1n) is 8.46. The van der Waals surface area contributed by atoms with E-state index in [1.807, 2.05) is 29.4 Å². The Balaban J connectivity index is 1.39. The van der Waals surface area contributed by atoms with E-state index in [2.05, 4.69) is 30.8 Å². The maximum atomic E-state index is 5.40. The average Bonchev–Trinajstić information content (AvgIpc) is 3.28. The highest BCUT2D eigenvalue weighted by Gasteiger charge is 2.35. The van der Waals surface area contributed by atoms with Gasteiger partial charge in [-0.25, -0.2) is 15.0 Å². The Morgan fingerprint density at radius 1 is 1.24 bits per heavy atom. The lowest BCUT2D eigenvalue weighted by Gasteiger charge is -2.27. The Labute approximate surface area is 143 Å². The van der Waals surface area contributed by atoms with Crippen molar-refractivity contribution in [2.45, 2.75) is 31.1 Å².